The van der Waals surface area contributed by atoms with Gasteiger partial charge in [0.15, 0.2) is 15.0 Å². The molecular weight excluding hydrogens is 320 g/mol. The van der Waals surface area contributed by atoms with E-state index in [0.717, 1.165) is 22.1 Å². The Bertz CT molecular complexity index is 724. The van der Waals surface area contributed by atoms with E-state index in [4.69, 9.17) is 4.74 Å². The van der Waals surface area contributed by atoms with Gasteiger partial charge in [-0.1, -0.05) is 0 Å². The van der Waals surface area contributed by atoms with Crippen LogP contribution in [-0.4, -0.2) is 44.6 Å². The zero-order valence-electron chi connectivity index (χ0n) is 12.4. The number of benzene rings is 1. The molecule has 0 unspecified atom stereocenters. The largest absolute Gasteiger partial charge is 0.494 e. The van der Waals surface area contributed by atoms with E-state index in [-0.39, 0.29) is 11.5 Å². The summed E-state index contributed by atoms with van der Waals surface area (Å²) in [7, 11) is -2.86. The molecule has 0 aliphatic carbocycles. The molecule has 1 aliphatic heterocycles. The van der Waals surface area contributed by atoms with Gasteiger partial charge in [0.25, 0.3) is 0 Å². The van der Waals surface area contributed by atoms with E-state index < -0.39 is 9.84 Å². The molecule has 7 heteroatoms. The Balaban J connectivity index is 1.73. The number of hydrogen-bond donors (Lipinski definition) is 0. The van der Waals surface area contributed by atoms with Gasteiger partial charge in [0.1, 0.15) is 5.75 Å². The van der Waals surface area contributed by atoms with Crippen molar-refractivity contribution in [1.82, 2.24) is 4.98 Å². The average molecular weight is 338 g/mol. The first-order valence-electron chi connectivity index (χ1n) is 7.21. The zero-order valence-corrected chi connectivity index (χ0v) is 14.0. The predicted octanol–water partition coefficient (Wildman–Crippen LogP) is 2.44. The van der Waals surface area contributed by atoms with Gasteiger partial charge in [0.2, 0.25) is 0 Å². The van der Waals surface area contributed by atoms with Crippen molar-refractivity contribution < 1.29 is 13.2 Å². The molecule has 22 heavy (non-hydrogen) atoms. The van der Waals surface area contributed by atoms with Crippen LogP contribution in [0.15, 0.2) is 29.6 Å². The summed E-state index contributed by atoms with van der Waals surface area (Å²) >= 11 is 1.55. The number of anilines is 1. The van der Waals surface area contributed by atoms with Gasteiger partial charge in [-0.25, -0.2) is 13.4 Å². The topological polar surface area (TPSA) is 59.5 Å². The number of nitrogens with zero attached hydrogens (tertiary/aromatic N) is 2. The third kappa shape index (κ3) is 3.41. The van der Waals surface area contributed by atoms with Crippen molar-refractivity contribution in [2.75, 3.05) is 36.1 Å². The van der Waals surface area contributed by atoms with Crippen molar-refractivity contribution in [3.8, 4) is 17.0 Å². The van der Waals surface area contributed by atoms with Crippen molar-refractivity contribution in [3.63, 3.8) is 0 Å². The first-order chi connectivity index (χ1) is 10.6. The van der Waals surface area contributed by atoms with Crippen molar-refractivity contribution in [2.24, 2.45) is 0 Å². The summed E-state index contributed by atoms with van der Waals surface area (Å²) in [4.78, 5) is 6.68. The van der Waals surface area contributed by atoms with Crippen LogP contribution < -0.4 is 9.64 Å². The van der Waals surface area contributed by atoms with Gasteiger partial charge in [-0.3, -0.25) is 0 Å². The van der Waals surface area contributed by atoms with Gasteiger partial charge in [-0.05, 0) is 31.2 Å². The molecule has 0 amide bonds. The molecule has 1 saturated heterocycles. The van der Waals surface area contributed by atoms with Gasteiger partial charge in [-0.15, -0.1) is 11.3 Å². The van der Waals surface area contributed by atoms with Crippen molar-refractivity contribution in [3.05, 3.63) is 29.6 Å². The van der Waals surface area contributed by atoms with Crippen LogP contribution in [0.2, 0.25) is 0 Å². The smallest absolute Gasteiger partial charge is 0.185 e. The highest BCUT2D eigenvalue weighted by Crippen LogP contribution is 2.29. The number of hydrogen-bond acceptors (Lipinski definition) is 6. The molecule has 2 heterocycles. The third-order valence-electron chi connectivity index (χ3n) is 3.57. The van der Waals surface area contributed by atoms with E-state index in [0.29, 0.717) is 19.7 Å². The normalized spacial score (nSPS) is 17.4. The van der Waals surface area contributed by atoms with Crippen LogP contribution in [0.5, 0.6) is 5.75 Å². The molecule has 0 radical (unpaired) electrons. The first kappa shape index (κ1) is 15.3. The Kier molecular flexibility index (Phi) is 4.35. The molecule has 0 spiro atoms. The Morgan fingerprint density at radius 3 is 2.55 bits per heavy atom. The summed E-state index contributed by atoms with van der Waals surface area (Å²) in [5, 5.41) is 2.90. The molecule has 1 aliphatic rings. The highest BCUT2D eigenvalue weighted by Gasteiger charge is 2.23. The SMILES string of the molecule is CCOc1ccc(-c2csc(N3CCS(=O)(=O)CC3)n2)cc1. The molecule has 3 rings (SSSR count). The molecule has 0 N–H and O–H groups in total. The summed E-state index contributed by atoms with van der Waals surface area (Å²) in [5.41, 5.74) is 1.95. The van der Waals surface area contributed by atoms with Crippen LogP contribution >= 0.6 is 11.3 Å². The van der Waals surface area contributed by atoms with Crippen LogP contribution in [0.3, 0.4) is 0 Å². The lowest BCUT2D eigenvalue weighted by Gasteiger charge is -2.25. The van der Waals surface area contributed by atoms with E-state index in [2.05, 4.69) is 4.98 Å². The fraction of sp³-hybridized carbons (Fsp3) is 0.400. The minimum atomic E-state index is -2.86. The molecule has 0 bridgehead atoms. The minimum Gasteiger partial charge on any atom is -0.494 e. The van der Waals surface area contributed by atoms with Crippen LogP contribution in [0.25, 0.3) is 11.3 Å². The fourth-order valence-corrected chi connectivity index (χ4v) is 4.42. The minimum absolute atomic E-state index is 0.213. The second-order valence-electron chi connectivity index (χ2n) is 5.11. The Morgan fingerprint density at radius 2 is 1.91 bits per heavy atom. The number of aromatic nitrogens is 1. The second-order valence-corrected chi connectivity index (χ2v) is 8.25. The average Bonchev–Trinajstić information content (AvgIpc) is 2.98. The monoisotopic (exact) mass is 338 g/mol. The second kappa shape index (κ2) is 6.26. The Labute approximate surface area is 134 Å². The maximum atomic E-state index is 11.5. The lowest BCUT2D eigenvalue weighted by Crippen LogP contribution is -2.40. The molecule has 1 aromatic carbocycles. The van der Waals surface area contributed by atoms with Gasteiger partial charge in [0, 0.05) is 24.0 Å². The summed E-state index contributed by atoms with van der Waals surface area (Å²) < 4.78 is 28.4. The fourth-order valence-electron chi connectivity index (χ4n) is 2.33. The molecule has 0 saturated carbocycles. The number of rotatable bonds is 4. The summed E-state index contributed by atoms with van der Waals surface area (Å²) in [6, 6.07) is 7.85. The predicted molar refractivity (Wildman–Crippen MR) is 89.6 cm³/mol. The van der Waals surface area contributed by atoms with Crippen LogP contribution in [0.1, 0.15) is 6.92 Å². The molecule has 1 fully saturated rings. The van der Waals surface area contributed by atoms with Crippen LogP contribution in [-0.2, 0) is 9.84 Å². The van der Waals surface area contributed by atoms with Crippen LogP contribution in [0.4, 0.5) is 5.13 Å². The zero-order chi connectivity index (χ0) is 15.6. The lowest BCUT2D eigenvalue weighted by atomic mass is 10.2. The van der Waals surface area contributed by atoms with Crippen molar-refractivity contribution in [2.45, 2.75) is 6.92 Å². The molecule has 0 atom stereocenters. The number of thiazole rings is 1. The van der Waals surface area contributed by atoms with E-state index in [1.54, 1.807) is 11.3 Å². The van der Waals surface area contributed by atoms with E-state index >= 15 is 0 Å². The summed E-state index contributed by atoms with van der Waals surface area (Å²) in [5.74, 6) is 1.28. The van der Waals surface area contributed by atoms with Crippen molar-refractivity contribution in [1.29, 1.82) is 0 Å². The highest BCUT2D eigenvalue weighted by molar-refractivity contribution is 7.91. The number of ether oxygens (including phenoxy) is 1. The van der Waals surface area contributed by atoms with E-state index in [1.165, 1.54) is 0 Å². The molecule has 2 aromatic rings. The standard InChI is InChI=1S/C15H18N2O3S2/c1-2-20-13-5-3-12(4-6-13)14-11-21-15(16-14)17-7-9-22(18,19)10-8-17/h3-6,11H,2,7-10H2,1H3. The van der Waals surface area contributed by atoms with E-state index in [9.17, 15) is 8.42 Å². The maximum absolute atomic E-state index is 11.5. The Hall–Kier alpha value is -1.60. The van der Waals surface area contributed by atoms with Gasteiger partial charge in [-0.2, -0.15) is 0 Å². The van der Waals surface area contributed by atoms with Crippen molar-refractivity contribution >= 4 is 26.3 Å². The van der Waals surface area contributed by atoms with E-state index in [1.807, 2.05) is 41.5 Å². The summed E-state index contributed by atoms with van der Waals surface area (Å²) in [6.07, 6.45) is 0. The Morgan fingerprint density at radius 1 is 1.23 bits per heavy atom. The quantitative estimate of drug-likeness (QED) is 0.857. The van der Waals surface area contributed by atoms with Gasteiger partial charge >= 0.3 is 0 Å². The number of sulfone groups is 1. The third-order valence-corrected chi connectivity index (χ3v) is 6.08. The van der Waals surface area contributed by atoms with Gasteiger partial charge < -0.3 is 9.64 Å². The maximum Gasteiger partial charge on any atom is 0.185 e. The molecule has 5 nitrogen and oxygen atoms in total. The first-order valence-corrected chi connectivity index (χ1v) is 9.91. The molecule has 1 aromatic heterocycles. The molecular formula is C15H18N2O3S2. The molecule has 118 valence electrons. The lowest BCUT2D eigenvalue weighted by molar-refractivity contribution is 0.340. The summed E-state index contributed by atoms with van der Waals surface area (Å²) in [6.45, 7) is 3.66. The van der Waals surface area contributed by atoms with Crippen LogP contribution in [0, 0.1) is 0 Å². The highest BCUT2D eigenvalue weighted by atomic mass is 32.2. The van der Waals surface area contributed by atoms with Gasteiger partial charge in [0.05, 0.1) is 23.8 Å².